The molecule has 144 valence electrons. The maximum Gasteiger partial charge on any atom is 0.255 e. The van der Waals surface area contributed by atoms with Gasteiger partial charge in [-0.1, -0.05) is 15.9 Å². The SMILES string of the molecule is COc1ccc(NC(=O)Cn2cc(NC(=O)c3cc(F)cc(Br)c3)cn2)cc1. The summed E-state index contributed by atoms with van der Waals surface area (Å²) in [6.45, 7) is -0.0343. The van der Waals surface area contributed by atoms with E-state index in [1.807, 2.05) is 0 Å². The summed E-state index contributed by atoms with van der Waals surface area (Å²) in [5.74, 6) is -0.594. The van der Waals surface area contributed by atoms with Crippen LogP contribution in [0.2, 0.25) is 0 Å². The number of anilines is 2. The molecule has 2 N–H and O–H groups in total. The van der Waals surface area contributed by atoms with Gasteiger partial charge in [0.2, 0.25) is 5.91 Å². The summed E-state index contributed by atoms with van der Waals surface area (Å²) in [6.07, 6.45) is 2.92. The second-order valence-electron chi connectivity index (χ2n) is 5.82. The van der Waals surface area contributed by atoms with Gasteiger partial charge in [0.25, 0.3) is 5.91 Å². The van der Waals surface area contributed by atoms with Crippen molar-refractivity contribution in [3.05, 3.63) is 70.7 Å². The predicted molar refractivity (Wildman–Crippen MR) is 106 cm³/mol. The first kappa shape index (κ1) is 19.6. The lowest BCUT2D eigenvalue weighted by Gasteiger charge is -2.06. The number of carbonyl (C=O) groups excluding carboxylic acids is 2. The highest BCUT2D eigenvalue weighted by atomic mass is 79.9. The van der Waals surface area contributed by atoms with Crippen LogP contribution in [0, 0.1) is 5.82 Å². The number of hydrogen-bond acceptors (Lipinski definition) is 4. The Morgan fingerprint density at radius 3 is 2.57 bits per heavy atom. The van der Waals surface area contributed by atoms with E-state index in [2.05, 4.69) is 31.7 Å². The standard InChI is InChI=1S/C19H16BrFN4O3/c1-28-17-4-2-15(3-5-17)23-18(26)11-25-10-16(9-22-25)24-19(27)12-6-13(20)8-14(21)7-12/h2-10H,11H2,1H3,(H,23,26)(H,24,27). The van der Waals surface area contributed by atoms with Crippen molar-refractivity contribution in [1.82, 2.24) is 9.78 Å². The Labute approximate surface area is 168 Å². The van der Waals surface area contributed by atoms with E-state index in [0.717, 1.165) is 6.07 Å². The molecular formula is C19H16BrFN4O3. The van der Waals surface area contributed by atoms with Crippen molar-refractivity contribution in [3.8, 4) is 5.75 Å². The Balaban J connectivity index is 1.58. The van der Waals surface area contributed by atoms with E-state index in [1.165, 1.54) is 29.2 Å². The molecule has 2 aromatic carbocycles. The van der Waals surface area contributed by atoms with E-state index in [9.17, 15) is 14.0 Å². The van der Waals surface area contributed by atoms with Crippen molar-refractivity contribution >= 4 is 39.1 Å². The predicted octanol–water partition coefficient (Wildman–Crippen LogP) is 3.68. The van der Waals surface area contributed by atoms with Crippen molar-refractivity contribution in [1.29, 1.82) is 0 Å². The minimum Gasteiger partial charge on any atom is -0.497 e. The van der Waals surface area contributed by atoms with Gasteiger partial charge in [-0.25, -0.2) is 4.39 Å². The van der Waals surface area contributed by atoms with Crippen LogP contribution < -0.4 is 15.4 Å². The van der Waals surface area contributed by atoms with Gasteiger partial charge in [0.1, 0.15) is 18.1 Å². The molecule has 9 heteroatoms. The molecule has 0 aliphatic rings. The first-order chi connectivity index (χ1) is 13.4. The number of methoxy groups -OCH3 is 1. The monoisotopic (exact) mass is 446 g/mol. The molecule has 1 aromatic heterocycles. The van der Waals surface area contributed by atoms with Crippen molar-refractivity contribution in [2.45, 2.75) is 6.54 Å². The second-order valence-corrected chi connectivity index (χ2v) is 6.73. The number of benzene rings is 2. The third-order valence-electron chi connectivity index (χ3n) is 3.70. The van der Waals surface area contributed by atoms with Crippen LogP contribution in [0.25, 0.3) is 0 Å². The van der Waals surface area contributed by atoms with E-state index in [-0.39, 0.29) is 18.0 Å². The summed E-state index contributed by atoms with van der Waals surface area (Å²) in [7, 11) is 1.56. The van der Waals surface area contributed by atoms with Crippen molar-refractivity contribution in [2.75, 3.05) is 17.7 Å². The lowest BCUT2D eigenvalue weighted by Crippen LogP contribution is -2.19. The van der Waals surface area contributed by atoms with E-state index in [0.29, 0.717) is 21.6 Å². The van der Waals surface area contributed by atoms with Crippen LogP contribution >= 0.6 is 15.9 Å². The molecule has 0 saturated carbocycles. The van der Waals surface area contributed by atoms with Gasteiger partial charge in [0, 0.05) is 21.9 Å². The highest BCUT2D eigenvalue weighted by molar-refractivity contribution is 9.10. The molecule has 0 aliphatic heterocycles. The molecule has 0 aliphatic carbocycles. The van der Waals surface area contributed by atoms with Gasteiger partial charge in [0.05, 0.1) is 19.0 Å². The number of hydrogen-bond donors (Lipinski definition) is 2. The smallest absolute Gasteiger partial charge is 0.255 e. The molecule has 0 radical (unpaired) electrons. The van der Waals surface area contributed by atoms with Crippen LogP contribution in [0.3, 0.4) is 0 Å². The molecule has 1 heterocycles. The van der Waals surface area contributed by atoms with Crippen molar-refractivity contribution in [2.24, 2.45) is 0 Å². The van der Waals surface area contributed by atoms with Gasteiger partial charge in [-0.2, -0.15) is 5.10 Å². The number of halogens is 2. The maximum absolute atomic E-state index is 13.4. The molecule has 0 spiro atoms. The van der Waals surface area contributed by atoms with Gasteiger partial charge < -0.3 is 15.4 Å². The summed E-state index contributed by atoms with van der Waals surface area (Å²) < 4.78 is 20.3. The van der Waals surface area contributed by atoms with Crippen LogP contribution in [0.4, 0.5) is 15.8 Å². The first-order valence-electron chi connectivity index (χ1n) is 8.17. The Hall–Kier alpha value is -3.20. The van der Waals surface area contributed by atoms with E-state index >= 15 is 0 Å². The van der Waals surface area contributed by atoms with Gasteiger partial charge in [-0.15, -0.1) is 0 Å². The van der Waals surface area contributed by atoms with Crippen LogP contribution in [0.5, 0.6) is 5.75 Å². The summed E-state index contributed by atoms with van der Waals surface area (Å²) >= 11 is 3.15. The Morgan fingerprint density at radius 2 is 1.89 bits per heavy atom. The lowest BCUT2D eigenvalue weighted by molar-refractivity contribution is -0.116. The second kappa shape index (κ2) is 8.66. The third kappa shape index (κ3) is 5.17. The van der Waals surface area contributed by atoms with E-state index < -0.39 is 11.7 Å². The van der Waals surface area contributed by atoms with E-state index in [1.54, 1.807) is 31.4 Å². The Bertz CT molecular complexity index is 984. The molecule has 0 atom stereocenters. The number of rotatable bonds is 6. The molecule has 0 unspecified atom stereocenters. The molecular weight excluding hydrogens is 431 g/mol. The van der Waals surface area contributed by atoms with Crippen LogP contribution in [0.1, 0.15) is 10.4 Å². The largest absolute Gasteiger partial charge is 0.497 e. The summed E-state index contributed by atoms with van der Waals surface area (Å²) in [5, 5.41) is 9.40. The van der Waals surface area contributed by atoms with Gasteiger partial charge >= 0.3 is 0 Å². The highest BCUT2D eigenvalue weighted by Crippen LogP contribution is 2.17. The zero-order valence-corrected chi connectivity index (χ0v) is 16.4. The number of nitrogens with zero attached hydrogens (tertiary/aromatic N) is 2. The highest BCUT2D eigenvalue weighted by Gasteiger charge is 2.11. The number of ether oxygens (including phenoxy) is 1. The molecule has 3 rings (SSSR count). The number of carbonyl (C=O) groups is 2. The van der Waals surface area contributed by atoms with Crippen LogP contribution in [-0.2, 0) is 11.3 Å². The average Bonchev–Trinajstić information content (AvgIpc) is 3.08. The van der Waals surface area contributed by atoms with Crippen molar-refractivity contribution < 1.29 is 18.7 Å². The van der Waals surface area contributed by atoms with Crippen LogP contribution in [-0.4, -0.2) is 28.7 Å². The first-order valence-corrected chi connectivity index (χ1v) is 8.96. The zero-order valence-electron chi connectivity index (χ0n) is 14.8. The molecule has 7 nitrogen and oxygen atoms in total. The fraction of sp³-hybridized carbons (Fsp3) is 0.105. The molecule has 2 amide bonds. The fourth-order valence-corrected chi connectivity index (χ4v) is 2.89. The Kier molecular flexibility index (Phi) is 6.05. The molecule has 0 saturated heterocycles. The fourth-order valence-electron chi connectivity index (χ4n) is 2.42. The van der Waals surface area contributed by atoms with Gasteiger partial charge in [-0.05, 0) is 42.5 Å². The third-order valence-corrected chi connectivity index (χ3v) is 4.15. The molecule has 0 fully saturated rings. The van der Waals surface area contributed by atoms with Crippen LogP contribution in [0.15, 0.2) is 59.3 Å². The normalized spacial score (nSPS) is 10.4. The zero-order chi connectivity index (χ0) is 20.1. The van der Waals surface area contributed by atoms with Crippen molar-refractivity contribution in [3.63, 3.8) is 0 Å². The Morgan fingerprint density at radius 1 is 1.14 bits per heavy atom. The summed E-state index contributed by atoms with van der Waals surface area (Å²) in [5.41, 5.74) is 1.18. The topological polar surface area (TPSA) is 85.2 Å². The lowest BCUT2D eigenvalue weighted by atomic mass is 10.2. The van der Waals surface area contributed by atoms with Gasteiger partial charge in [-0.3, -0.25) is 14.3 Å². The minimum absolute atomic E-state index is 0.0343. The number of amides is 2. The summed E-state index contributed by atoms with van der Waals surface area (Å²) in [4.78, 5) is 24.3. The minimum atomic E-state index is -0.523. The quantitative estimate of drug-likeness (QED) is 0.604. The summed E-state index contributed by atoms with van der Waals surface area (Å²) in [6, 6.07) is 10.8. The molecule has 28 heavy (non-hydrogen) atoms. The number of nitrogens with one attached hydrogen (secondary N) is 2. The number of aromatic nitrogens is 2. The molecule has 0 bridgehead atoms. The molecule has 3 aromatic rings. The average molecular weight is 447 g/mol. The van der Waals surface area contributed by atoms with Gasteiger partial charge in [0.15, 0.2) is 0 Å². The van der Waals surface area contributed by atoms with E-state index in [4.69, 9.17) is 4.74 Å². The maximum atomic E-state index is 13.4.